The number of hydrogen-bond acceptors (Lipinski definition) is 4. The number of carbonyl (C=O) groups is 1. The summed E-state index contributed by atoms with van der Waals surface area (Å²) < 4.78 is 5.81. The van der Waals surface area contributed by atoms with E-state index in [1.165, 1.54) is 25.7 Å². The van der Waals surface area contributed by atoms with Crippen LogP contribution < -0.4 is 4.74 Å². The summed E-state index contributed by atoms with van der Waals surface area (Å²) in [6.45, 7) is 3.38. The summed E-state index contributed by atoms with van der Waals surface area (Å²) in [5.74, 6) is 1.46. The van der Waals surface area contributed by atoms with Crippen molar-refractivity contribution in [1.29, 1.82) is 0 Å². The van der Waals surface area contributed by atoms with Crippen LogP contribution in [0.25, 0.3) is 0 Å². The van der Waals surface area contributed by atoms with Crippen LogP contribution in [-0.4, -0.2) is 40.2 Å². The Bertz CT molecular complexity index is 483. The van der Waals surface area contributed by atoms with Crippen molar-refractivity contribution >= 4 is 5.91 Å². The van der Waals surface area contributed by atoms with Crippen molar-refractivity contribution in [3.05, 3.63) is 17.8 Å². The second kappa shape index (κ2) is 6.41. The molecule has 114 valence electrons. The van der Waals surface area contributed by atoms with Crippen LogP contribution in [0.15, 0.2) is 12.1 Å². The monoisotopic (exact) mass is 289 g/mol. The molecule has 1 saturated carbocycles. The van der Waals surface area contributed by atoms with Gasteiger partial charge in [0.05, 0.1) is 12.2 Å². The van der Waals surface area contributed by atoms with Gasteiger partial charge in [-0.3, -0.25) is 4.79 Å². The third-order valence-electron chi connectivity index (χ3n) is 4.50. The minimum absolute atomic E-state index is 0.0505. The van der Waals surface area contributed by atoms with Crippen molar-refractivity contribution in [3.8, 4) is 5.88 Å². The molecule has 1 aliphatic heterocycles. The molecule has 5 nitrogen and oxygen atoms in total. The van der Waals surface area contributed by atoms with Crippen molar-refractivity contribution in [2.75, 3.05) is 13.1 Å². The molecule has 1 amide bonds. The van der Waals surface area contributed by atoms with Crippen LogP contribution in [0, 0.1) is 12.8 Å². The van der Waals surface area contributed by atoms with E-state index in [0.29, 0.717) is 24.2 Å². The van der Waals surface area contributed by atoms with Gasteiger partial charge >= 0.3 is 0 Å². The first-order valence-electron chi connectivity index (χ1n) is 7.95. The largest absolute Gasteiger partial charge is 0.471 e. The molecule has 1 aliphatic carbocycles. The minimum Gasteiger partial charge on any atom is -0.471 e. The second-order valence-corrected chi connectivity index (χ2v) is 6.24. The number of likely N-dealkylation sites (tertiary alicyclic amines) is 1. The third-order valence-corrected chi connectivity index (χ3v) is 4.50. The van der Waals surface area contributed by atoms with E-state index < -0.39 is 0 Å². The van der Waals surface area contributed by atoms with Gasteiger partial charge < -0.3 is 9.64 Å². The maximum absolute atomic E-state index is 12.3. The Morgan fingerprint density at radius 3 is 2.81 bits per heavy atom. The molecular formula is C16H23N3O2. The first kappa shape index (κ1) is 14.3. The number of nitrogens with zero attached hydrogens (tertiary/aromatic N) is 3. The summed E-state index contributed by atoms with van der Waals surface area (Å²) in [6, 6.07) is 3.73. The Hall–Kier alpha value is -1.65. The number of carbonyl (C=O) groups excluding carboxylic acids is 1. The van der Waals surface area contributed by atoms with E-state index in [4.69, 9.17) is 4.74 Å². The van der Waals surface area contributed by atoms with Gasteiger partial charge in [-0.2, -0.15) is 5.10 Å². The predicted molar refractivity (Wildman–Crippen MR) is 79.0 cm³/mol. The van der Waals surface area contributed by atoms with Gasteiger partial charge in [-0.1, -0.05) is 12.8 Å². The van der Waals surface area contributed by atoms with Crippen molar-refractivity contribution < 1.29 is 9.53 Å². The van der Waals surface area contributed by atoms with Crippen LogP contribution in [0.2, 0.25) is 0 Å². The maximum atomic E-state index is 12.3. The summed E-state index contributed by atoms with van der Waals surface area (Å²) in [7, 11) is 0. The molecule has 1 saturated heterocycles. The summed E-state index contributed by atoms with van der Waals surface area (Å²) in [4.78, 5) is 14.2. The fourth-order valence-corrected chi connectivity index (χ4v) is 3.26. The fourth-order valence-electron chi connectivity index (χ4n) is 3.26. The van der Waals surface area contributed by atoms with Crippen molar-refractivity contribution in [1.82, 2.24) is 15.1 Å². The third kappa shape index (κ3) is 3.71. The molecular weight excluding hydrogens is 266 g/mol. The number of aryl methyl sites for hydroxylation is 1. The lowest BCUT2D eigenvalue weighted by Gasteiger charge is -2.18. The summed E-state index contributed by atoms with van der Waals surface area (Å²) in [5, 5.41) is 8.01. The predicted octanol–water partition coefficient (Wildman–Crippen LogP) is 2.35. The molecule has 2 fully saturated rings. The Kier molecular flexibility index (Phi) is 4.36. The van der Waals surface area contributed by atoms with E-state index in [2.05, 4.69) is 10.2 Å². The smallest absolute Gasteiger partial charge is 0.233 e. The van der Waals surface area contributed by atoms with Gasteiger partial charge in [0.1, 0.15) is 6.10 Å². The molecule has 1 aromatic heterocycles. The van der Waals surface area contributed by atoms with E-state index in [-0.39, 0.29) is 6.10 Å². The number of aromatic nitrogens is 2. The highest BCUT2D eigenvalue weighted by Gasteiger charge is 2.29. The van der Waals surface area contributed by atoms with Gasteiger partial charge in [0.25, 0.3) is 0 Å². The fraction of sp³-hybridized carbons (Fsp3) is 0.688. The normalized spacial score (nSPS) is 22.7. The van der Waals surface area contributed by atoms with Crippen LogP contribution in [0.3, 0.4) is 0 Å². The molecule has 5 heteroatoms. The number of hydrogen-bond donors (Lipinski definition) is 0. The average Bonchev–Trinajstić information content (AvgIpc) is 3.13. The number of amides is 1. The molecule has 1 aromatic rings. The van der Waals surface area contributed by atoms with E-state index in [0.717, 1.165) is 25.1 Å². The zero-order valence-corrected chi connectivity index (χ0v) is 12.6. The zero-order chi connectivity index (χ0) is 14.7. The van der Waals surface area contributed by atoms with Gasteiger partial charge in [0.15, 0.2) is 0 Å². The minimum atomic E-state index is 0.0505. The number of ether oxygens (including phenoxy) is 1. The second-order valence-electron chi connectivity index (χ2n) is 6.24. The summed E-state index contributed by atoms with van der Waals surface area (Å²) in [6.07, 6.45) is 6.67. The lowest BCUT2D eigenvalue weighted by atomic mass is 10.0. The molecule has 2 heterocycles. The van der Waals surface area contributed by atoms with E-state index in [9.17, 15) is 4.79 Å². The molecule has 0 bridgehead atoms. The quantitative estimate of drug-likeness (QED) is 0.853. The highest BCUT2D eigenvalue weighted by Crippen LogP contribution is 2.28. The Morgan fingerprint density at radius 1 is 1.29 bits per heavy atom. The Balaban J connectivity index is 1.48. The van der Waals surface area contributed by atoms with E-state index in [1.807, 2.05) is 24.0 Å². The summed E-state index contributed by atoms with van der Waals surface area (Å²) >= 11 is 0. The highest BCUT2D eigenvalue weighted by atomic mass is 16.5. The lowest BCUT2D eigenvalue weighted by molar-refractivity contribution is -0.131. The van der Waals surface area contributed by atoms with Crippen LogP contribution in [0.5, 0.6) is 5.88 Å². The lowest BCUT2D eigenvalue weighted by Crippen LogP contribution is -2.32. The Labute approximate surface area is 125 Å². The summed E-state index contributed by atoms with van der Waals surface area (Å²) in [5.41, 5.74) is 0.877. The van der Waals surface area contributed by atoms with E-state index >= 15 is 0 Å². The SMILES string of the molecule is Cc1ccc(OC2CCN(C(=O)CC3CCCC3)C2)nn1. The van der Waals surface area contributed by atoms with Crippen LogP contribution >= 0.6 is 0 Å². The zero-order valence-electron chi connectivity index (χ0n) is 12.6. The standard InChI is InChI=1S/C16H23N3O2/c1-12-6-7-15(18-17-12)21-14-8-9-19(11-14)16(20)10-13-4-2-3-5-13/h6-7,13-14H,2-5,8-11H2,1H3. The molecule has 0 spiro atoms. The van der Waals surface area contributed by atoms with Crippen molar-refractivity contribution in [2.24, 2.45) is 5.92 Å². The van der Waals surface area contributed by atoms with Crippen LogP contribution in [0.1, 0.15) is 44.2 Å². The van der Waals surface area contributed by atoms with Gasteiger partial charge in [-0.15, -0.1) is 5.10 Å². The van der Waals surface area contributed by atoms with Gasteiger partial charge in [-0.25, -0.2) is 0 Å². The first-order chi connectivity index (χ1) is 10.2. The Morgan fingerprint density at radius 2 is 2.10 bits per heavy atom. The average molecular weight is 289 g/mol. The van der Waals surface area contributed by atoms with Crippen molar-refractivity contribution in [3.63, 3.8) is 0 Å². The molecule has 1 unspecified atom stereocenters. The molecule has 3 rings (SSSR count). The van der Waals surface area contributed by atoms with Crippen LogP contribution in [0.4, 0.5) is 0 Å². The van der Waals surface area contributed by atoms with Gasteiger partial charge in [0.2, 0.25) is 11.8 Å². The van der Waals surface area contributed by atoms with Gasteiger partial charge in [-0.05, 0) is 31.7 Å². The first-order valence-corrected chi connectivity index (χ1v) is 7.95. The molecule has 2 aliphatic rings. The highest BCUT2D eigenvalue weighted by molar-refractivity contribution is 5.76. The number of rotatable bonds is 4. The maximum Gasteiger partial charge on any atom is 0.233 e. The van der Waals surface area contributed by atoms with Gasteiger partial charge in [0, 0.05) is 25.5 Å². The van der Waals surface area contributed by atoms with Crippen molar-refractivity contribution in [2.45, 2.75) is 51.6 Å². The topological polar surface area (TPSA) is 55.3 Å². The molecule has 0 N–H and O–H groups in total. The van der Waals surface area contributed by atoms with Crippen LogP contribution in [-0.2, 0) is 4.79 Å². The molecule has 0 aromatic carbocycles. The molecule has 0 radical (unpaired) electrons. The molecule has 21 heavy (non-hydrogen) atoms. The molecule has 1 atom stereocenters. The van der Waals surface area contributed by atoms with E-state index in [1.54, 1.807) is 0 Å².